The molecular weight excluding hydrogens is 372 g/mol. The average Bonchev–Trinajstić information content (AvgIpc) is 3.23. The van der Waals surface area contributed by atoms with Crippen molar-refractivity contribution in [3.8, 4) is 5.69 Å². The van der Waals surface area contributed by atoms with E-state index >= 15 is 0 Å². The normalized spacial score (nSPS) is 10.5. The van der Waals surface area contributed by atoms with Gasteiger partial charge in [0.2, 0.25) is 5.91 Å². The summed E-state index contributed by atoms with van der Waals surface area (Å²) in [6.07, 6.45) is 4.28. The van der Waals surface area contributed by atoms with Crippen LogP contribution < -0.4 is 5.32 Å². The zero-order chi connectivity index (χ0) is 19.8. The predicted octanol–water partition coefficient (Wildman–Crippen LogP) is 4.06. The van der Waals surface area contributed by atoms with Crippen LogP contribution in [-0.4, -0.2) is 29.3 Å². The molecule has 0 saturated carbocycles. The van der Waals surface area contributed by atoms with Crippen LogP contribution in [0.15, 0.2) is 73.1 Å². The number of methoxy groups -OCH3 is 1. The van der Waals surface area contributed by atoms with Gasteiger partial charge in [-0.25, -0.2) is 0 Å². The number of carbonyl (C=O) groups is 2. The van der Waals surface area contributed by atoms with Crippen molar-refractivity contribution in [2.45, 2.75) is 12.2 Å². The molecule has 0 fully saturated rings. The number of esters is 1. The van der Waals surface area contributed by atoms with Gasteiger partial charge in [-0.15, -0.1) is 11.8 Å². The zero-order valence-corrected chi connectivity index (χ0v) is 16.4. The minimum Gasteiger partial charge on any atom is -0.468 e. The van der Waals surface area contributed by atoms with Gasteiger partial charge >= 0.3 is 5.97 Å². The number of nitrogens with one attached hydrogen (secondary N) is 1. The Morgan fingerprint density at radius 1 is 1.00 bits per heavy atom. The highest BCUT2D eigenvalue weighted by atomic mass is 32.2. The summed E-state index contributed by atoms with van der Waals surface area (Å²) in [5.74, 6) is 0.691. The Hall–Kier alpha value is -2.99. The number of aromatic nitrogens is 1. The second-order valence-electron chi connectivity index (χ2n) is 6.25. The van der Waals surface area contributed by atoms with Crippen LogP contribution in [0.5, 0.6) is 0 Å². The number of carbonyl (C=O) groups excluding carboxylic acids is 2. The lowest BCUT2D eigenvalue weighted by Crippen LogP contribution is -2.14. The van der Waals surface area contributed by atoms with Crippen molar-refractivity contribution < 1.29 is 14.3 Å². The van der Waals surface area contributed by atoms with E-state index in [-0.39, 0.29) is 11.9 Å². The monoisotopic (exact) mass is 394 g/mol. The van der Waals surface area contributed by atoms with Gasteiger partial charge in [-0.3, -0.25) is 9.59 Å². The van der Waals surface area contributed by atoms with E-state index in [9.17, 15) is 9.59 Å². The molecule has 6 heteroatoms. The predicted molar refractivity (Wildman–Crippen MR) is 113 cm³/mol. The summed E-state index contributed by atoms with van der Waals surface area (Å²) in [5, 5.41) is 2.94. The Morgan fingerprint density at radius 3 is 2.46 bits per heavy atom. The van der Waals surface area contributed by atoms with Crippen molar-refractivity contribution in [1.29, 1.82) is 0 Å². The minimum absolute atomic E-state index is 0.0620. The molecule has 144 valence electrons. The lowest BCUT2D eigenvalue weighted by atomic mass is 10.1. The number of hydrogen-bond acceptors (Lipinski definition) is 4. The average molecular weight is 394 g/mol. The highest BCUT2D eigenvalue weighted by Crippen LogP contribution is 2.17. The molecule has 1 N–H and O–H groups in total. The second-order valence-corrected chi connectivity index (χ2v) is 7.24. The van der Waals surface area contributed by atoms with Crippen LogP contribution in [0, 0.1) is 0 Å². The maximum absolute atomic E-state index is 12.4. The third-order valence-electron chi connectivity index (χ3n) is 4.13. The van der Waals surface area contributed by atoms with Gasteiger partial charge in [-0.2, -0.15) is 0 Å². The van der Waals surface area contributed by atoms with Gasteiger partial charge in [0, 0.05) is 29.5 Å². The van der Waals surface area contributed by atoms with E-state index in [0.29, 0.717) is 17.9 Å². The van der Waals surface area contributed by atoms with Gasteiger partial charge in [-0.1, -0.05) is 24.3 Å². The number of thioether (sulfide) groups is 1. The van der Waals surface area contributed by atoms with Crippen molar-refractivity contribution in [2.24, 2.45) is 0 Å². The summed E-state index contributed by atoms with van der Waals surface area (Å²) < 4.78 is 6.65. The molecule has 0 radical (unpaired) electrons. The Balaban J connectivity index is 1.53. The van der Waals surface area contributed by atoms with Gasteiger partial charge in [0.1, 0.15) is 0 Å². The summed E-state index contributed by atoms with van der Waals surface area (Å²) in [6, 6.07) is 19.5. The number of ether oxygens (including phenoxy) is 1. The van der Waals surface area contributed by atoms with Crippen molar-refractivity contribution in [3.05, 3.63) is 84.2 Å². The number of amides is 1. The fraction of sp³-hybridized carbons (Fsp3) is 0.182. The van der Waals surface area contributed by atoms with Crippen LogP contribution in [0.2, 0.25) is 0 Å². The van der Waals surface area contributed by atoms with Crippen LogP contribution in [0.25, 0.3) is 5.69 Å². The van der Waals surface area contributed by atoms with Gasteiger partial charge in [0.05, 0.1) is 19.3 Å². The fourth-order valence-electron chi connectivity index (χ4n) is 2.73. The molecule has 1 amide bonds. The maximum atomic E-state index is 12.4. The summed E-state index contributed by atoms with van der Waals surface area (Å²) in [4.78, 5) is 23.5. The Morgan fingerprint density at radius 2 is 1.75 bits per heavy atom. The molecule has 3 aromatic rings. The molecule has 1 heterocycles. The van der Waals surface area contributed by atoms with Gasteiger partial charge in [0.15, 0.2) is 0 Å². The minimum atomic E-state index is -0.239. The van der Waals surface area contributed by atoms with E-state index in [0.717, 1.165) is 22.5 Å². The SMILES string of the molecule is COC(=O)CSCc1cccc(NC(=O)Cc2ccc(-n3cccc3)cc2)c1. The number of rotatable bonds is 8. The van der Waals surface area contributed by atoms with Crippen molar-refractivity contribution in [3.63, 3.8) is 0 Å². The third kappa shape index (κ3) is 5.76. The molecule has 5 nitrogen and oxygen atoms in total. The number of nitrogens with zero attached hydrogens (tertiary/aromatic N) is 1. The molecule has 2 aromatic carbocycles. The Kier molecular flexibility index (Phi) is 6.92. The van der Waals surface area contributed by atoms with Gasteiger partial charge < -0.3 is 14.6 Å². The summed E-state index contributed by atoms with van der Waals surface area (Å²) >= 11 is 1.48. The third-order valence-corrected chi connectivity index (χ3v) is 5.11. The van der Waals surface area contributed by atoms with Crippen LogP contribution >= 0.6 is 11.8 Å². The van der Waals surface area contributed by atoms with E-state index in [1.54, 1.807) is 0 Å². The summed E-state index contributed by atoms with van der Waals surface area (Å²) in [6.45, 7) is 0. The maximum Gasteiger partial charge on any atom is 0.315 e. The molecule has 0 aliphatic carbocycles. The van der Waals surface area contributed by atoms with Crippen LogP contribution in [0.4, 0.5) is 5.69 Å². The first-order valence-electron chi connectivity index (χ1n) is 8.89. The van der Waals surface area contributed by atoms with Crippen molar-refractivity contribution in [2.75, 3.05) is 18.2 Å². The second kappa shape index (κ2) is 9.80. The van der Waals surface area contributed by atoms with E-state index in [1.807, 2.05) is 77.6 Å². The topological polar surface area (TPSA) is 60.3 Å². The zero-order valence-electron chi connectivity index (χ0n) is 15.6. The largest absolute Gasteiger partial charge is 0.468 e. The molecule has 0 saturated heterocycles. The summed E-state index contributed by atoms with van der Waals surface area (Å²) in [7, 11) is 1.38. The Bertz CT molecular complexity index is 921. The molecule has 1 aromatic heterocycles. The standard InChI is InChI=1S/C22H22N2O3S/c1-27-22(26)16-28-15-18-5-4-6-19(13-18)23-21(25)14-17-7-9-20(10-8-17)24-11-2-3-12-24/h2-13H,14-16H2,1H3,(H,23,25). The number of anilines is 1. The van der Waals surface area contributed by atoms with E-state index in [1.165, 1.54) is 18.9 Å². The van der Waals surface area contributed by atoms with Gasteiger partial charge in [-0.05, 0) is 47.5 Å². The van der Waals surface area contributed by atoms with E-state index in [4.69, 9.17) is 0 Å². The first-order valence-corrected chi connectivity index (χ1v) is 10.0. The number of benzene rings is 2. The number of hydrogen-bond donors (Lipinski definition) is 1. The molecule has 28 heavy (non-hydrogen) atoms. The molecule has 0 aliphatic heterocycles. The molecule has 3 rings (SSSR count). The lowest BCUT2D eigenvalue weighted by Gasteiger charge is -2.08. The van der Waals surface area contributed by atoms with Crippen LogP contribution in [0.3, 0.4) is 0 Å². The highest BCUT2D eigenvalue weighted by molar-refractivity contribution is 7.99. The Labute approximate surface area is 168 Å². The smallest absolute Gasteiger partial charge is 0.315 e. The quantitative estimate of drug-likeness (QED) is 0.585. The first kappa shape index (κ1) is 19.8. The van der Waals surface area contributed by atoms with E-state index < -0.39 is 0 Å². The fourth-order valence-corrected chi connectivity index (χ4v) is 3.54. The lowest BCUT2D eigenvalue weighted by molar-refractivity contribution is -0.137. The molecular formula is C22H22N2O3S. The van der Waals surface area contributed by atoms with Crippen molar-refractivity contribution >= 4 is 29.3 Å². The van der Waals surface area contributed by atoms with E-state index in [2.05, 4.69) is 10.1 Å². The molecule has 0 bridgehead atoms. The molecule has 0 spiro atoms. The highest BCUT2D eigenvalue weighted by Gasteiger charge is 2.06. The first-order chi connectivity index (χ1) is 13.6. The molecule has 0 unspecified atom stereocenters. The summed E-state index contributed by atoms with van der Waals surface area (Å²) in [5.41, 5.74) is 3.82. The van der Waals surface area contributed by atoms with Crippen LogP contribution in [-0.2, 0) is 26.5 Å². The molecule has 0 atom stereocenters. The molecule has 0 aliphatic rings. The van der Waals surface area contributed by atoms with Gasteiger partial charge in [0.25, 0.3) is 0 Å². The van der Waals surface area contributed by atoms with Crippen LogP contribution in [0.1, 0.15) is 11.1 Å². The van der Waals surface area contributed by atoms with Crippen molar-refractivity contribution in [1.82, 2.24) is 4.57 Å².